The maximum atomic E-state index is 12.6. The number of aryl methyl sites for hydroxylation is 1. The van der Waals surface area contributed by atoms with Crippen LogP contribution in [-0.2, 0) is 6.61 Å². The third-order valence-corrected chi connectivity index (χ3v) is 4.23. The highest BCUT2D eigenvalue weighted by atomic mass is 32.1. The lowest BCUT2D eigenvalue weighted by Gasteiger charge is -2.14. The van der Waals surface area contributed by atoms with Gasteiger partial charge < -0.3 is 9.47 Å². The molecule has 0 unspecified atom stereocenters. The molecule has 27 heavy (non-hydrogen) atoms. The predicted octanol–water partition coefficient (Wildman–Crippen LogP) is 4.47. The zero-order valence-corrected chi connectivity index (χ0v) is 16.2. The number of hydrogen-bond donors (Lipinski definition) is 1. The van der Waals surface area contributed by atoms with E-state index < -0.39 is 0 Å². The molecule has 0 saturated carbocycles. The Balaban J connectivity index is 1.80. The smallest absolute Gasteiger partial charge is 0.257 e. The minimum absolute atomic E-state index is 0.0175. The van der Waals surface area contributed by atoms with Crippen molar-refractivity contribution in [1.29, 1.82) is 0 Å². The molecule has 0 fully saturated rings. The summed E-state index contributed by atoms with van der Waals surface area (Å²) in [6.07, 6.45) is -0.0175. The van der Waals surface area contributed by atoms with Crippen LogP contribution in [0.3, 0.4) is 0 Å². The number of carbonyl (C=O) groups excluding carboxylic acids is 1. The van der Waals surface area contributed by atoms with Crippen LogP contribution >= 0.6 is 11.5 Å². The van der Waals surface area contributed by atoms with Gasteiger partial charge in [0.25, 0.3) is 5.91 Å². The lowest BCUT2D eigenvalue weighted by molar-refractivity contribution is 0.102. The van der Waals surface area contributed by atoms with Gasteiger partial charge in [-0.3, -0.25) is 10.1 Å². The molecule has 6 nitrogen and oxygen atoms in total. The maximum Gasteiger partial charge on any atom is 0.257 e. The van der Waals surface area contributed by atoms with E-state index in [2.05, 4.69) is 14.7 Å². The highest BCUT2D eigenvalue weighted by Gasteiger charge is 2.13. The zero-order valence-electron chi connectivity index (χ0n) is 15.4. The topological polar surface area (TPSA) is 73.3 Å². The van der Waals surface area contributed by atoms with Crippen LogP contribution in [0.1, 0.15) is 35.6 Å². The molecule has 0 bridgehead atoms. The number of nitrogens with one attached hydrogen (secondary N) is 1. The van der Waals surface area contributed by atoms with Crippen molar-refractivity contribution < 1.29 is 14.3 Å². The Morgan fingerprint density at radius 2 is 1.89 bits per heavy atom. The second-order valence-electron chi connectivity index (χ2n) is 6.23. The van der Waals surface area contributed by atoms with Gasteiger partial charge in [0.1, 0.15) is 23.9 Å². The number of ether oxygens (including phenoxy) is 2. The van der Waals surface area contributed by atoms with Gasteiger partial charge in [-0.2, -0.15) is 4.37 Å². The van der Waals surface area contributed by atoms with Gasteiger partial charge in [0.2, 0.25) is 5.13 Å². The monoisotopic (exact) mass is 383 g/mol. The Labute approximate surface area is 162 Å². The molecule has 140 valence electrons. The van der Waals surface area contributed by atoms with Gasteiger partial charge in [0.15, 0.2) is 0 Å². The number of hydrogen-bond acceptors (Lipinski definition) is 6. The van der Waals surface area contributed by atoms with Crippen molar-refractivity contribution in [2.75, 3.05) is 5.32 Å². The average molecular weight is 383 g/mol. The highest BCUT2D eigenvalue weighted by molar-refractivity contribution is 7.09. The summed E-state index contributed by atoms with van der Waals surface area (Å²) >= 11 is 1.14. The summed E-state index contributed by atoms with van der Waals surface area (Å²) in [6.45, 7) is 6.05. The number of nitrogens with zero attached hydrogens (tertiary/aromatic N) is 2. The maximum absolute atomic E-state index is 12.6. The van der Waals surface area contributed by atoms with E-state index in [9.17, 15) is 4.79 Å². The van der Waals surface area contributed by atoms with E-state index in [1.807, 2.05) is 44.2 Å². The fourth-order valence-electron chi connectivity index (χ4n) is 2.38. The molecule has 0 atom stereocenters. The molecule has 0 spiro atoms. The van der Waals surface area contributed by atoms with Gasteiger partial charge in [-0.1, -0.05) is 30.3 Å². The molecule has 2 aromatic carbocycles. The first kappa shape index (κ1) is 18.8. The van der Waals surface area contributed by atoms with Crippen molar-refractivity contribution in [3.63, 3.8) is 0 Å². The van der Waals surface area contributed by atoms with Crippen LogP contribution in [0.25, 0.3) is 0 Å². The summed E-state index contributed by atoms with van der Waals surface area (Å²) in [5, 5.41) is 3.21. The van der Waals surface area contributed by atoms with E-state index >= 15 is 0 Å². The van der Waals surface area contributed by atoms with Crippen LogP contribution in [-0.4, -0.2) is 21.4 Å². The number of aromatic nitrogens is 2. The highest BCUT2D eigenvalue weighted by Crippen LogP contribution is 2.26. The van der Waals surface area contributed by atoms with Crippen molar-refractivity contribution in [1.82, 2.24) is 9.36 Å². The van der Waals surface area contributed by atoms with Crippen molar-refractivity contribution in [2.24, 2.45) is 0 Å². The Hall–Kier alpha value is -2.93. The number of anilines is 1. The molecule has 0 aliphatic rings. The molecule has 3 aromatic rings. The van der Waals surface area contributed by atoms with Crippen LogP contribution in [0.4, 0.5) is 5.13 Å². The van der Waals surface area contributed by atoms with Gasteiger partial charge in [0, 0.05) is 23.2 Å². The van der Waals surface area contributed by atoms with Crippen molar-refractivity contribution in [3.8, 4) is 11.5 Å². The Morgan fingerprint density at radius 1 is 1.15 bits per heavy atom. The molecule has 7 heteroatoms. The number of carbonyl (C=O) groups is 1. The molecule has 0 radical (unpaired) electrons. The molecule has 0 aliphatic heterocycles. The zero-order chi connectivity index (χ0) is 19.2. The number of amides is 1. The van der Waals surface area contributed by atoms with Crippen LogP contribution in [0.2, 0.25) is 0 Å². The lowest BCUT2D eigenvalue weighted by atomic mass is 10.2. The minimum Gasteiger partial charge on any atom is -0.491 e. The van der Waals surface area contributed by atoms with E-state index in [1.54, 1.807) is 25.1 Å². The van der Waals surface area contributed by atoms with E-state index in [4.69, 9.17) is 9.47 Å². The van der Waals surface area contributed by atoms with E-state index in [-0.39, 0.29) is 12.0 Å². The quantitative estimate of drug-likeness (QED) is 0.652. The predicted molar refractivity (Wildman–Crippen MR) is 106 cm³/mol. The molecule has 0 aliphatic carbocycles. The Bertz CT molecular complexity index is 910. The summed E-state index contributed by atoms with van der Waals surface area (Å²) in [4.78, 5) is 16.8. The number of benzene rings is 2. The molecule has 1 heterocycles. The summed E-state index contributed by atoms with van der Waals surface area (Å²) in [5.41, 5.74) is 1.48. The number of rotatable bonds is 7. The SMILES string of the molecule is Cc1nsc(NC(=O)c2cc(OCc3ccccc3)cc(OC(C)C)c2)n1. The summed E-state index contributed by atoms with van der Waals surface area (Å²) in [5.74, 6) is 1.48. The first-order valence-corrected chi connectivity index (χ1v) is 9.37. The largest absolute Gasteiger partial charge is 0.491 e. The third kappa shape index (κ3) is 5.52. The summed E-state index contributed by atoms with van der Waals surface area (Å²) < 4.78 is 15.7. The summed E-state index contributed by atoms with van der Waals surface area (Å²) in [6, 6.07) is 15.0. The Morgan fingerprint density at radius 3 is 2.56 bits per heavy atom. The van der Waals surface area contributed by atoms with Crippen molar-refractivity contribution >= 4 is 22.6 Å². The fraction of sp³-hybridized carbons (Fsp3) is 0.250. The summed E-state index contributed by atoms with van der Waals surface area (Å²) in [7, 11) is 0. The van der Waals surface area contributed by atoms with Gasteiger partial charge in [0.05, 0.1) is 6.10 Å². The van der Waals surface area contributed by atoms with E-state index in [0.29, 0.717) is 34.6 Å². The minimum atomic E-state index is -0.287. The van der Waals surface area contributed by atoms with Gasteiger partial charge in [-0.15, -0.1) is 0 Å². The molecular weight excluding hydrogens is 362 g/mol. The molecule has 1 N–H and O–H groups in total. The van der Waals surface area contributed by atoms with Crippen molar-refractivity contribution in [2.45, 2.75) is 33.5 Å². The molecule has 3 rings (SSSR count). The average Bonchev–Trinajstić information content (AvgIpc) is 3.05. The first-order chi connectivity index (χ1) is 13.0. The Kier molecular flexibility index (Phi) is 6.03. The molecule has 0 saturated heterocycles. The second-order valence-corrected chi connectivity index (χ2v) is 6.99. The first-order valence-electron chi connectivity index (χ1n) is 8.60. The van der Waals surface area contributed by atoms with E-state index in [0.717, 1.165) is 17.1 Å². The molecular formula is C20H21N3O3S. The molecule has 1 aromatic heterocycles. The normalized spacial score (nSPS) is 10.7. The van der Waals surface area contributed by atoms with Crippen LogP contribution < -0.4 is 14.8 Å². The molecule has 1 amide bonds. The lowest BCUT2D eigenvalue weighted by Crippen LogP contribution is -2.13. The van der Waals surface area contributed by atoms with Crippen LogP contribution in [0, 0.1) is 6.92 Å². The van der Waals surface area contributed by atoms with Crippen LogP contribution in [0.15, 0.2) is 48.5 Å². The standard InChI is InChI=1S/C20H21N3O3S/c1-13(2)26-18-10-16(19(24)22-20-21-14(3)23-27-20)9-17(11-18)25-12-15-7-5-4-6-8-15/h4-11,13H,12H2,1-3H3,(H,21,22,23,24). The van der Waals surface area contributed by atoms with E-state index in [1.165, 1.54) is 0 Å². The van der Waals surface area contributed by atoms with Crippen molar-refractivity contribution in [3.05, 3.63) is 65.5 Å². The van der Waals surface area contributed by atoms with Gasteiger partial charge in [-0.05, 0) is 38.5 Å². The van der Waals surface area contributed by atoms with Gasteiger partial charge in [-0.25, -0.2) is 4.98 Å². The van der Waals surface area contributed by atoms with Crippen LogP contribution in [0.5, 0.6) is 11.5 Å². The third-order valence-electron chi connectivity index (χ3n) is 3.51. The van der Waals surface area contributed by atoms with Gasteiger partial charge >= 0.3 is 0 Å². The second kappa shape index (κ2) is 8.64. The fourth-order valence-corrected chi connectivity index (χ4v) is 2.96.